The molecule has 0 unspecified atom stereocenters. The van der Waals surface area contributed by atoms with Gasteiger partial charge in [-0.05, 0) is 12.1 Å². The molecular weight excluding hydrogens is 216 g/mol. The summed E-state index contributed by atoms with van der Waals surface area (Å²) < 4.78 is 30.6. The van der Waals surface area contributed by atoms with E-state index in [1.165, 1.54) is 12.1 Å². The molecule has 2 N–H and O–H groups in total. The van der Waals surface area contributed by atoms with E-state index in [-0.39, 0.29) is 17.4 Å². The normalized spacial score (nSPS) is 10.1. The largest absolute Gasteiger partial charge is 0.424 e. The summed E-state index contributed by atoms with van der Waals surface area (Å²) in [5.74, 6) is -0.978. The van der Waals surface area contributed by atoms with E-state index in [0.717, 1.165) is 18.5 Å². The average molecular weight is 223 g/mol. The van der Waals surface area contributed by atoms with E-state index in [1.807, 2.05) is 0 Å². The number of hydrogen-bond donors (Lipinski definition) is 1. The summed E-state index contributed by atoms with van der Waals surface area (Å²) >= 11 is 0. The number of nitrogen functional groups attached to an aromatic ring is 1. The molecule has 2 aromatic rings. The minimum atomic E-state index is -0.598. The van der Waals surface area contributed by atoms with Gasteiger partial charge in [-0.1, -0.05) is 0 Å². The van der Waals surface area contributed by atoms with Gasteiger partial charge in [-0.3, -0.25) is 0 Å². The second kappa shape index (κ2) is 4.09. The molecule has 0 bridgehead atoms. The molecule has 0 aliphatic carbocycles. The van der Waals surface area contributed by atoms with Gasteiger partial charge in [0.15, 0.2) is 5.82 Å². The van der Waals surface area contributed by atoms with Crippen molar-refractivity contribution in [2.24, 2.45) is 0 Å². The Bertz CT molecular complexity index is 502. The summed E-state index contributed by atoms with van der Waals surface area (Å²) in [5.41, 5.74) is 5.31. The van der Waals surface area contributed by atoms with Gasteiger partial charge in [0.2, 0.25) is 0 Å². The lowest BCUT2D eigenvalue weighted by atomic mass is 10.3. The third kappa shape index (κ3) is 2.22. The molecule has 0 saturated heterocycles. The summed E-state index contributed by atoms with van der Waals surface area (Å²) in [6, 6.07) is 3.85. The summed E-state index contributed by atoms with van der Waals surface area (Å²) in [4.78, 5) is 7.13. The quantitative estimate of drug-likeness (QED) is 0.792. The van der Waals surface area contributed by atoms with Crippen LogP contribution in [0.5, 0.6) is 11.8 Å². The zero-order valence-corrected chi connectivity index (χ0v) is 8.02. The molecule has 0 aliphatic heterocycles. The second-order valence-corrected chi connectivity index (χ2v) is 2.97. The maximum absolute atomic E-state index is 13.0. The lowest BCUT2D eigenvalue weighted by Gasteiger charge is -2.04. The molecule has 16 heavy (non-hydrogen) atoms. The van der Waals surface area contributed by atoms with Gasteiger partial charge < -0.3 is 10.5 Å². The first kappa shape index (κ1) is 10.3. The van der Waals surface area contributed by atoms with Crippen LogP contribution in [0.3, 0.4) is 0 Å². The van der Waals surface area contributed by atoms with Gasteiger partial charge in [0.1, 0.15) is 11.6 Å². The Morgan fingerprint density at radius 2 is 1.81 bits per heavy atom. The first-order valence-corrected chi connectivity index (χ1v) is 4.35. The number of nitrogens with zero attached hydrogens (tertiary/aromatic N) is 2. The van der Waals surface area contributed by atoms with Gasteiger partial charge >= 0.3 is 6.01 Å². The van der Waals surface area contributed by atoms with Crippen molar-refractivity contribution in [3.63, 3.8) is 0 Å². The third-order valence-corrected chi connectivity index (χ3v) is 1.78. The molecule has 0 radical (unpaired) electrons. The third-order valence-electron chi connectivity index (χ3n) is 1.78. The highest BCUT2D eigenvalue weighted by atomic mass is 19.1. The summed E-state index contributed by atoms with van der Waals surface area (Å²) in [7, 11) is 0. The van der Waals surface area contributed by atoms with Gasteiger partial charge in [0, 0.05) is 6.07 Å². The van der Waals surface area contributed by atoms with Crippen molar-refractivity contribution < 1.29 is 13.5 Å². The average Bonchev–Trinajstić information content (AvgIpc) is 2.27. The number of ether oxygens (including phenoxy) is 1. The van der Waals surface area contributed by atoms with Crippen LogP contribution in [-0.2, 0) is 0 Å². The number of anilines is 1. The van der Waals surface area contributed by atoms with Crippen molar-refractivity contribution in [2.75, 3.05) is 5.73 Å². The predicted octanol–water partition coefficient (Wildman–Crippen LogP) is 2.13. The Balaban J connectivity index is 2.20. The predicted molar refractivity (Wildman–Crippen MR) is 52.9 cm³/mol. The van der Waals surface area contributed by atoms with Gasteiger partial charge in [0.05, 0.1) is 18.1 Å². The van der Waals surface area contributed by atoms with E-state index in [4.69, 9.17) is 10.5 Å². The molecule has 0 aliphatic rings. The SMILES string of the molecule is Nc1ccc(Oc2ncc(F)cn2)cc1F. The first-order chi connectivity index (χ1) is 7.65. The Labute approximate surface area is 89.7 Å². The topological polar surface area (TPSA) is 61.0 Å². The van der Waals surface area contributed by atoms with Crippen molar-refractivity contribution in [3.8, 4) is 11.8 Å². The highest BCUT2D eigenvalue weighted by Crippen LogP contribution is 2.21. The van der Waals surface area contributed by atoms with Crippen molar-refractivity contribution in [1.82, 2.24) is 9.97 Å². The van der Waals surface area contributed by atoms with Crippen LogP contribution in [0.15, 0.2) is 30.6 Å². The van der Waals surface area contributed by atoms with Gasteiger partial charge in [-0.2, -0.15) is 0 Å². The fourth-order valence-corrected chi connectivity index (χ4v) is 1.03. The maximum atomic E-state index is 13.0. The van der Waals surface area contributed by atoms with E-state index in [9.17, 15) is 8.78 Å². The summed E-state index contributed by atoms with van der Waals surface area (Å²) in [6.45, 7) is 0. The zero-order chi connectivity index (χ0) is 11.5. The van der Waals surface area contributed by atoms with Crippen LogP contribution in [-0.4, -0.2) is 9.97 Å². The first-order valence-electron chi connectivity index (χ1n) is 4.35. The standard InChI is InChI=1S/C10H7F2N3O/c11-6-4-14-10(15-5-6)16-7-1-2-9(13)8(12)3-7/h1-5H,13H2. The van der Waals surface area contributed by atoms with Gasteiger partial charge in [-0.15, -0.1) is 0 Å². The monoisotopic (exact) mass is 223 g/mol. The van der Waals surface area contributed by atoms with Crippen molar-refractivity contribution in [2.45, 2.75) is 0 Å². The fourth-order valence-electron chi connectivity index (χ4n) is 1.03. The Kier molecular flexibility index (Phi) is 2.63. The Hall–Kier alpha value is -2.24. The molecule has 1 heterocycles. The molecule has 6 heteroatoms. The van der Waals surface area contributed by atoms with Crippen LogP contribution in [0, 0.1) is 11.6 Å². The highest BCUT2D eigenvalue weighted by Gasteiger charge is 2.04. The second-order valence-electron chi connectivity index (χ2n) is 2.97. The zero-order valence-electron chi connectivity index (χ0n) is 8.02. The molecule has 1 aromatic carbocycles. The lowest BCUT2D eigenvalue weighted by Crippen LogP contribution is -1.94. The summed E-state index contributed by atoms with van der Waals surface area (Å²) in [6.07, 6.45) is 1.91. The highest BCUT2D eigenvalue weighted by molar-refractivity contribution is 5.43. The van der Waals surface area contributed by atoms with Crippen LogP contribution in [0.2, 0.25) is 0 Å². The van der Waals surface area contributed by atoms with Crippen LogP contribution in [0.4, 0.5) is 14.5 Å². The molecule has 0 amide bonds. The van der Waals surface area contributed by atoms with Crippen LogP contribution in [0.1, 0.15) is 0 Å². The van der Waals surface area contributed by atoms with Crippen molar-refractivity contribution in [3.05, 3.63) is 42.2 Å². The number of aromatic nitrogens is 2. The Morgan fingerprint density at radius 3 is 2.44 bits per heavy atom. The van der Waals surface area contributed by atoms with Crippen molar-refractivity contribution in [1.29, 1.82) is 0 Å². The van der Waals surface area contributed by atoms with Crippen molar-refractivity contribution >= 4 is 5.69 Å². The molecule has 4 nitrogen and oxygen atoms in total. The number of halogens is 2. The van der Waals surface area contributed by atoms with E-state index in [0.29, 0.717) is 0 Å². The van der Waals surface area contributed by atoms with Crippen LogP contribution < -0.4 is 10.5 Å². The number of nitrogens with two attached hydrogens (primary N) is 1. The van der Waals surface area contributed by atoms with Gasteiger partial charge in [0.25, 0.3) is 0 Å². The number of hydrogen-bond acceptors (Lipinski definition) is 4. The number of benzene rings is 1. The molecular formula is C10H7F2N3O. The minimum absolute atomic E-state index is 0.0207. The molecule has 0 spiro atoms. The molecule has 1 aromatic heterocycles. The maximum Gasteiger partial charge on any atom is 0.322 e. The van der Waals surface area contributed by atoms with E-state index >= 15 is 0 Å². The minimum Gasteiger partial charge on any atom is -0.424 e. The van der Waals surface area contributed by atoms with E-state index in [2.05, 4.69) is 9.97 Å². The molecule has 82 valence electrons. The molecule has 0 atom stereocenters. The number of rotatable bonds is 2. The smallest absolute Gasteiger partial charge is 0.322 e. The van der Waals surface area contributed by atoms with Crippen LogP contribution >= 0.6 is 0 Å². The molecule has 0 fully saturated rings. The molecule has 0 saturated carbocycles. The van der Waals surface area contributed by atoms with Gasteiger partial charge in [-0.25, -0.2) is 18.7 Å². The Morgan fingerprint density at radius 1 is 1.12 bits per heavy atom. The van der Waals surface area contributed by atoms with E-state index in [1.54, 1.807) is 0 Å². The van der Waals surface area contributed by atoms with E-state index < -0.39 is 11.6 Å². The fraction of sp³-hybridized carbons (Fsp3) is 0. The lowest BCUT2D eigenvalue weighted by molar-refractivity contribution is 0.433. The molecule has 2 rings (SSSR count). The summed E-state index contributed by atoms with van der Waals surface area (Å²) in [5, 5.41) is 0. The van der Waals surface area contributed by atoms with Crippen LogP contribution in [0.25, 0.3) is 0 Å².